The molecule has 0 saturated carbocycles. The third-order valence-corrected chi connectivity index (χ3v) is 0. The summed E-state index contributed by atoms with van der Waals surface area (Å²) >= 11 is 0. The largest absolute Gasteiger partial charge is 2.00 e. The predicted octanol–water partition coefficient (Wildman–Crippen LogP) is -5.16. The van der Waals surface area contributed by atoms with E-state index in [1.54, 1.807) is 0 Å². The zero-order chi connectivity index (χ0) is 13.5. The van der Waals surface area contributed by atoms with E-state index >= 15 is 0 Å². The predicted molar refractivity (Wildman–Crippen MR) is 48.7 cm³/mol. The van der Waals surface area contributed by atoms with Crippen LogP contribution < -0.4 is 0 Å². The maximum Gasteiger partial charge on any atom is 2.00 e. The molecule has 0 saturated heterocycles. The number of hydrogen-bond donors (Lipinski definition) is 0. The van der Waals surface area contributed by atoms with E-state index in [0.717, 1.165) is 0 Å². The van der Waals surface area contributed by atoms with Gasteiger partial charge in [0.15, 0.2) is 0 Å². The molecule has 96 valence electrons. The topological polar surface area (TPSA) is 241 Å². The average Bonchev–Trinajstić information content (AvgIpc) is 1.41. The van der Waals surface area contributed by atoms with Crippen molar-refractivity contribution in [2.24, 2.45) is 0 Å². The first kappa shape index (κ1) is 37.0. The van der Waals surface area contributed by atoms with Crippen LogP contribution in [0.3, 0.4) is 0 Å². The Kier molecular flexibility index (Phi) is 32.5. The Hall–Kier alpha value is 2.40. The Bertz CT molecular complexity index is 346. The summed E-state index contributed by atoms with van der Waals surface area (Å²) in [6, 6.07) is 0. The Balaban J connectivity index is -0.0000000277. The van der Waals surface area contributed by atoms with Crippen molar-refractivity contribution in [1.82, 2.24) is 0 Å². The quantitative estimate of drug-likeness (QED) is 0.218. The Morgan fingerprint density at radius 2 is 0.444 bits per heavy atom. The fraction of sp³-hybridized carbons (Fsp3) is 0. The first-order valence-corrected chi connectivity index (χ1v) is 6.00. The van der Waals surface area contributed by atoms with Gasteiger partial charge < -0.3 is 27.3 Å². The summed E-state index contributed by atoms with van der Waals surface area (Å²) in [5.74, 6) is 0. The van der Waals surface area contributed by atoms with E-state index in [2.05, 4.69) is 0 Å². The van der Waals surface area contributed by atoms with Gasteiger partial charge in [-0.2, -0.15) is 0 Å². The molecule has 18 heavy (non-hydrogen) atoms. The molecule has 0 aromatic carbocycles. The first-order chi connectivity index (χ1) is 6.00. The molecule has 18 heteroatoms. The van der Waals surface area contributed by atoms with Gasteiger partial charge in [0.25, 0.3) is 0 Å². The van der Waals surface area contributed by atoms with E-state index in [4.69, 9.17) is 52.6 Å². The second-order valence-corrected chi connectivity index (χ2v) is 3.67. The third-order valence-electron chi connectivity index (χ3n) is 0. The molecular weight excluding hydrogens is 377 g/mol. The van der Waals surface area contributed by atoms with Crippen LogP contribution in [0, 0.1) is 0 Å². The molecule has 0 amide bonds. The van der Waals surface area contributed by atoms with Crippen LogP contribution in [0.5, 0.6) is 0 Å². The van der Waals surface area contributed by atoms with Crippen LogP contribution >= 0.6 is 0 Å². The van der Waals surface area contributed by atoms with Crippen LogP contribution in [-0.4, -0.2) is 136 Å². The van der Waals surface area contributed by atoms with Crippen LogP contribution in [0.15, 0.2) is 0 Å². The van der Waals surface area contributed by atoms with Crippen molar-refractivity contribution in [1.29, 1.82) is 0 Å². The van der Waals surface area contributed by atoms with Gasteiger partial charge in [-0.15, -0.1) is 0 Å². The molecule has 0 aliphatic heterocycles. The summed E-state index contributed by atoms with van der Waals surface area (Å²) in [5, 5.41) is 0. The molecule has 0 aliphatic rings. The van der Waals surface area contributed by atoms with Gasteiger partial charge in [-0.1, -0.05) is 0 Å². The summed E-state index contributed by atoms with van der Waals surface area (Å²) in [5.41, 5.74) is 0. The molecule has 0 unspecified atom stereocenters. The van der Waals surface area contributed by atoms with Crippen LogP contribution in [0.25, 0.3) is 0 Å². The standard InChI is InChI=1S/Ca.2Mg.3H2O4S/c;;;3*1-5(2,3)4/h;;;3*(H2,1,2,3,4)/q3*+2;;;/p-6. The van der Waals surface area contributed by atoms with E-state index in [0.29, 0.717) is 0 Å². The Morgan fingerprint density at radius 3 is 0.444 bits per heavy atom. The molecule has 0 atom stereocenters. The molecule has 0 aromatic heterocycles. The summed E-state index contributed by atoms with van der Waals surface area (Å²) in [6.45, 7) is 0. The zero-order valence-electron chi connectivity index (χ0n) is 8.25. The normalized spacial score (nSPS) is 9.67. The van der Waals surface area contributed by atoms with Gasteiger partial charge in [-0.3, -0.25) is 25.3 Å². The minimum atomic E-state index is -5.17. The minimum absolute atomic E-state index is 0. The molecule has 12 nitrogen and oxygen atoms in total. The second-order valence-electron chi connectivity index (χ2n) is 1.22. The zero-order valence-corrected chi connectivity index (χ0v) is 15.7. The van der Waals surface area contributed by atoms with Gasteiger partial charge in [0, 0.05) is 31.2 Å². The van der Waals surface area contributed by atoms with E-state index in [1.807, 2.05) is 0 Å². The smallest absolute Gasteiger partial charge is 0.759 e. The van der Waals surface area contributed by atoms with E-state index in [-0.39, 0.29) is 83.8 Å². The fourth-order valence-corrected chi connectivity index (χ4v) is 0. The number of hydrogen-bond acceptors (Lipinski definition) is 12. The van der Waals surface area contributed by atoms with Gasteiger partial charge in [0.2, 0.25) is 0 Å². The fourth-order valence-electron chi connectivity index (χ4n) is 0. The summed E-state index contributed by atoms with van der Waals surface area (Å²) in [7, 11) is -15.5. The summed E-state index contributed by atoms with van der Waals surface area (Å²) < 4.78 is 102. The van der Waals surface area contributed by atoms with Gasteiger partial charge in [-0.05, 0) is 0 Å². The third kappa shape index (κ3) is 966. The molecular formula is CaMg2O12S3. The van der Waals surface area contributed by atoms with Gasteiger partial charge in [0.1, 0.15) is 0 Å². The molecule has 0 aromatic rings. The van der Waals surface area contributed by atoms with Crippen molar-refractivity contribution >= 4 is 115 Å². The molecule has 0 spiro atoms. The van der Waals surface area contributed by atoms with Crippen molar-refractivity contribution in [2.45, 2.75) is 0 Å². The second kappa shape index (κ2) is 15.8. The SMILES string of the molecule is O=S(=O)([O-])[O-].O=S(=O)([O-])[O-].O=S(=O)([O-])[O-].[Ca+2].[Mg+2].[Mg+2]. The minimum Gasteiger partial charge on any atom is -0.759 e. The van der Waals surface area contributed by atoms with Crippen molar-refractivity contribution in [3.63, 3.8) is 0 Å². The average molecular weight is 377 g/mol. The maximum absolute atomic E-state index is 8.52. The summed E-state index contributed by atoms with van der Waals surface area (Å²) in [6.07, 6.45) is 0. The van der Waals surface area contributed by atoms with Crippen molar-refractivity contribution in [2.75, 3.05) is 0 Å². The van der Waals surface area contributed by atoms with E-state index < -0.39 is 31.2 Å². The van der Waals surface area contributed by atoms with Crippen molar-refractivity contribution in [3.05, 3.63) is 0 Å². The summed E-state index contributed by atoms with van der Waals surface area (Å²) in [4.78, 5) is 0. The number of rotatable bonds is 0. The molecule has 0 rings (SSSR count). The van der Waals surface area contributed by atoms with Gasteiger partial charge >= 0.3 is 83.8 Å². The van der Waals surface area contributed by atoms with Gasteiger partial charge in [-0.25, -0.2) is 0 Å². The van der Waals surface area contributed by atoms with E-state index in [1.165, 1.54) is 0 Å². The van der Waals surface area contributed by atoms with Crippen LogP contribution in [0.2, 0.25) is 0 Å². The first-order valence-electron chi connectivity index (χ1n) is 2.00. The molecule has 0 bridgehead atoms. The van der Waals surface area contributed by atoms with Crippen molar-refractivity contribution in [3.8, 4) is 0 Å². The molecule has 0 heterocycles. The van der Waals surface area contributed by atoms with Gasteiger partial charge in [0.05, 0.1) is 0 Å². The molecule has 0 N–H and O–H groups in total. The van der Waals surface area contributed by atoms with Crippen LogP contribution in [-0.2, 0) is 31.2 Å². The molecule has 0 radical (unpaired) electrons. The van der Waals surface area contributed by atoms with E-state index in [9.17, 15) is 0 Å². The Morgan fingerprint density at radius 1 is 0.444 bits per heavy atom. The maximum atomic E-state index is 8.52. The van der Waals surface area contributed by atoms with Crippen LogP contribution in [0.1, 0.15) is 0 Å². The molecule has 0 fully saturated rings. The van der Waals surface area contributed by atoms with Crippen LogP contribution in [0.4, 0.5) is 0 Å². The monoisotopic (exact) mass is 376 g/mol. The molecule has 0 aliphatic carbocycles. The van der Waals surface area contributed by atoms with Crippen molar-refractivity contribution < 1.29 is 52.6 Å². The Labute approximate surface area is 165 Å².